The zero-order valence-corrected chi connectivity index (χ0v) is 62.9. The summed E-state index contributed by atoms with van der Waals surface area (Å²) in [6, 6.07) is 20.2. The van der Waals surface area contributed by atoms with Gasteiger partial charge in [0, 0.05) is 35.0 Å². The number of hydrogen-bond acceptors (Lipinski definition) is 29. The molecule has 8 aromatic rings. The van der Waals surface area contributed by atoms with Gasteiger partial charge < -0.3 is 29.6 Å². The van der Waals surface area contributed by atoms with E-state index in [2.05, 4.69) is 51.5 Å². The van der Waals surface area contributed by atoms with E-state index in [1.807, 2.05) is 0 Å². The lowest BCUT2D eigenvalue weighted by atomic mass is 10.1. The molecule has 8 aromatic carbocycles. The number of hydrogen-bond donors (Lipinski definition) is 10. The highest BCUT2D eigenvalue weighted by molar-refractivity contribution is 7.88. The highest BCUT2D eigenvalue weighted by Crippen LogP contribution is 2.43. The first kappa shape index (κ1) is 84.1. The molecule has 0 aliphatic rings. The molecule has 108 heavy (non-hydrogen) atoms. The predicted molar refractivity (Wildman–Crippen MR) is 387 cm³/mol. The van der Waals surface area contributed by atoms with Crippen molar-refractivity contribution in [3.63, 3.8) is 0 Å². The number of nitrogens with one attached hydrogen (secondary N) is 2. The lowest BCUT2D eigenvalue weighted by molar-refractivity contribution is 0.261. The summed E-state index contributed by atoms with van der Waals surface area (Å²) in [5.74, 6) is -3.40. The third-order valence-electron chi connectivity index (χ3n) is 14.8. The number of benzene rings is 8. The molecular formula is C61H64N10O29S8. The zero-order valence-electron chi connectivity index (χ0n) is 56.4. The van der Waals surface area contributed by atoms with Crippen LogP contribution in [0.4, 0.5) is 61.7 Å². The minimum atomic E-state index is -5.01. The molecular weight excluding hydrogens is 1590 g/mol. The van der Waals surface area contributed by atoms with Gasteiger partial charge in [0.15, 0.2) is 0 Å². The molecule has 0 heterocycles. The average molecular weight is 1660 g/mol. The molecule has 0 unspecified atom stereocenters. The number of rotatable bonds is 34. The van der Waals surface area contributed by atoms with E-state index in [1.54, 1.807) is 13.8 Å². The maximum absolute atomic E-state index is 14.2. The molecule has 0 aromatic heterocycles. The summed E-state index contributed by atoms with van der Waals surface area (Å²) in [5.41, 5.74) is 1.39. The molecule has 0 saturated carbocycles. The van der Waals surface area contributed by atoms with Crippen LogP contribution in [-0.4, -0.2) is 159 Å². The Morgan fingerprint density at radius 1 is 0.324 bits per heavy atom. The smallest absolute Gasteiger partial charge is 0.323 e. The number of aryl methyl sites for hydroxylation is 4. The number of ether oxygens (including phenoxy) is 4. The van der Waals surface area contributed by atoms with E-state index >= 15 is 0 Å². The van der Waals surface area contributed by atoms with Gasteiger partial charge in [0.25, 0.3) is 80.9 Å². The Hall–Kier alpha value is -9.57. The normalized spacial score (nSPS) is 13.0. The molecule has 0 saturated heterocycles. The Bertz CT molecular complexity index is 5630. The van der Waals surface area contributed by atoms with Crippen molar-refractivity contribution >= 4 is 165 Å². The molecule has 0 aliphatic heterocycles. The minimum Gasteiger partial charge on any atom is -0.491 e. The molecule has 0 fully saturated rings. The maximum atomic E-state index is 14.2. The second-order valence-electron chi connectivity index (χ2n) is 23.4. The van der Waals surface area contributed by atoms with Crippen LogP contribution in [0.25, 0.3) is 21.5 Å². The van der Waals surface area contributed by atoms with Gasteiger partial charge in [0.2, 0.25) is 0 Å². The number of nitrogens with zero attached hydrogens (tertiary/aromatic N) is 8. The van der Waals surface area contributed by atoms with E-state index in [-0.39, 0.29) is 165 Å². The summed E-state index contributed by atoms with van der Waals surface area (Å²) in [4.78, 5) is 10.8. The van der Waals surface area contributed by atoms with Crippen molar-refractivity contribution in [1.29, 1.82) is 0 Å². The van der Waals surface area contributed by atoms with Crippen molar-refractivity contribution in [2.24, 2.45) is 40.9 Å². The van der Waals surface area contributed by atoms with Gasteiger partial charge in [-0.1, -0.05) is 12.1 Å². The van der Waals surface area contributed by atoms with Crippen LogP contribution in [0.3, 0.4) is 0 Å². The first-order chi connectivity index (χ1) is 50.1. The summed E-state index contributed by atoms with van der Waals surface area (Å²) < 4.78 is 290. The lowest BCUT2D eigenvalue weighted by Crippen LogP contribution is -2.21. The summed E-state index contributed by atoms with van der Waals surface area (Å²) in [7, 11) is -37.9. The molecule has 0 radical (unpaired) electrons. The second kappa shape index (κ2) is 33.9. The number of carbonyl (C=O) groups excluding carboxylic acids is 1. The zero-order chi connectivity index (χ0) is 79.7. The minimum absolute atomic E-state index is 0.00940. The van der Waals surface area contributed by atoms with E-state index in [0.717, 1.165) is 12.1 Å². The standard InChI is InChI=1S/C61H64N10O29S8/c1-35-21-51(55(97-13-5-17-101(73,74)75)31-49(35)68-70-53-23-37(3)47(33-57(53)99-15-7-19-103(79,80)81)66-64-41-9-11-45-39(25-41)27-43(105(85,86)87)29-59(45)107(91,92)93)62-61(72)63-52-22-36(2)50(32-56(52)98-14-6-18-102(76,77)78)69-71-54-24-38(4)48(34-58(54)100-16-8-20-104(82,83)84)67-65-42-10-12-46-40(26-42)28-44(106(88,89)90)30-60(46)108(94,95)96/h9-12,21-34H,5-8,13-20H2,1-4H3,(H2,62,63,72)(H,73,74,75)(H,76,77,78)(H,79,80,81)(H,82,83,84)(H,85,86,87)(H,88,89,90)(H,91,92,93)(H,94,95,96). The molecule has 0 atom stereocenters. The first-order valence-electron chi connectivity index (χ1n) is 30.8. The Morgan fingerprint density at radius 3 is 0.898 bits per heavy atom. The van der Waals surface area contributed by atoms with Crippen molar-refractivity contribution in [2.45, 2.75) is 73.0 Å². The average Bonchev–Trinajstić information content (AvgIpc) is 0.771. The summed E-state index contributed by atoms with van der Waals surface area (Å²) in [6.07, 6.45) is -1.02. The molecule has 0 spiro atoms. The van der Waals surface area contributed by atoms with Crippen LogP contribution < -0.4 is 29.6 Å². The second-order valence-corrected chi connectivity index (χ2v) is 35.3. The van der Waals surface area contributed by atoms with E-state index in [4.69, 9.17) is 18.9 Å². The van der Waals surface area contributed by atoms with Crippen LogP contribution in [0.5, 0.6) is 23.0 Å². The Morgan fingerprint density at radius 2 is 0.602 bits per heavy atom. The van der Waals surface area contributed by atoms with E-state index in [0.29, 0.717) is 23.3 Å². The summed E-state index contributed by atoms with van der Waals surface area (Å²) >= 11 is 0. The van der Waals surface area contributed by atoms with Crippen LogP contribution >= 0.6 is 0 Å². The molecule has 0 aliphatic carbocycles. The van der Waals surface area contributed by atoms with Gasteiger partial charge in [-0.2, -0.15) is 98.0 Å². The number of carbonyl (C=O) groups is 1. The van der Waals surface area contributed by atoms with Gasteiger partial charge in [0.1, 0.15) is 44.2 Å². The molecule has 10 N–H and O–H groups in total. The van der Waals surface area contributed by atoms with Gasteiger partial charge in [0.05, 0.1) is 105 Å². The molecule has 8 rings (SSSR count). The first-order valence-corrected chi connectivity index (χ1v) is 43.0. The fourth-order valence-electron chi connectivity index (χ4n) is 9.78. The third kappa shape index (κ3) is 24.7. The topological polar surface area (TPSA) is 612 Å². The van der Waals surface area contributed by atoms with Crippen molar-refractivity contribution in [1.82, 2.24) is 0 Å². The summed E-state index contributed by atoms with van der Waals surface area (Å²) in [6.45, 7) is 4.76. The number of amides is 2. The monoisotopic (exact) mass is 1660 g/mol. The quantitative estimate of drug-likeness (QED) is 0.0102. The van der Waals surface area contributed by atoms with Gasteiger partial charge in [-0.3, -0.25) is 36.4 Å². The summed E-state index contributed by atoms with van der Waals surface area (Å²) in [5, 5.41) is 39.1. The number of azo groups is 4. The molecule has 0 bridgehead atoms. The number of anilines is 2. The third-order valence-corrected chi connectivity index (χ3v) is 21.5. The van der Waals surface area contributed by atoms with Crippen molar-refractivity contribution in [3.05, 3.63) is 131 Å². The highest BCUT2D eigenvalue weighted by Gasteiger charge is 2.25. The van der Waals surface area contributed by atoms with E-state index in [1.165, 1.54) is 98.8 Å². The van der Waals surface area contributed by atoms with Crippen molar-refractivity contribution in [2.75, 3.05) is 60.1 Å². The largest absolute Gasteiger partial charge is 0.491 e. The molecule has 2 amide bonds. The predicted octanol–water partition coefficient (Wildman–Crippen LogP) is 12.1. The van der Waals surface area contributed by atoms with Crippen LogP contribution in [0.2, 0.25) is 0 Å². The van der Waals surface area contributed by atoms with Crippen LogP contribution in [0.1, 0.15) is 47.9 Å². The van der Waals surface area contributed by atoms with Crippen molar-refractivity contribution in [3.8, 4) is 23.0 Å². The Balaban J connectivity index is 1.10. The van der Waals surface area contributed by atoms with E-state index < -0.39 is 130 Å². The van der Waals surface area contributed by atoms with E-state index in [9.17, 15) is 109 Å². The van der Waals surface area contributed by atoms with Crippen LogP contribution in [0, 0.1) is 27.7 Å². The lowest BCUT2D eigenvalue weighted by Gasteiger charge is -2.17. The fraction of sp³-hybridized carbons (Fsp3) is 0.262. The fourth-order valence-corrected chi connectivity index (χ4v) is 14.4. The number of urea groups is 1. The SMILES string of the molecule is Cc1cc(N=Nc2cc(OCCCS(=O)(=O)O)c(NC(=O)Nc3cc(C)c(N=Nc4cc(C)c(N=Nc5ccc6c(S(=O)(=O)O)cc(S(=O)(=O)O)cc6c5)cc4OCCCS(=O)(=O)O)cc3OCCCS(=O)(=O)O)cc2C)c(OCCCS(=O)(=O)O)cc1N=Nc1ccc2c(S(=O)(=O)O)cc(S(=O)(=O)O)cc2c1. The highest BCUT2D eigenvalue weighted by atomic mass is 32.2. The Kier molecular flexibility index (Phi) is 26.4. The van der Waals surface area contributed by atoms with Crippen molar-refractivity contribution < 1.29 is 128 Å². The Labute approximate surface area is 617 Å². The van der Waals surface area contributed by atoms with Gasteiger partial charge in [-0.15, -0.1) is 10.2 Å². The molecule has 580 valence electrons. The maximum Gasteiger partial charge on any atom is 0.323 e. The molecule has 47 heteroatoms. The van der Waals surface area contributed by atoms with Crippen LogP contribution in [-0.2, 0) is 80.9 Å². The van der Waals surface area contributed by atoms with Gasteiger partial charge >= 0.3 is 6.03 Å². The van der Waals surface area contributed by atoms with Crippen LogP contribution in [0.15, 0.2) is 170 Å². The molecule has 39 nitrogen and oxygen atoms in total. The number of fused-ring (bicyclic) bond motifs is 2. The van der Waals surface area contributed by atoms with Gasteiger partial charge in [-0.25, -0.2) is 4.79 Å². The van der Waals surface area contributed by atoms with Gasteiger partial charge in [-0.05, 0) is 159 Å².